The number of hydrogen-bond donors (Lipinski definition) is 0. The molecule has 0 unspecified atom stereocenters. The van der Waals surface area contributed by atoms with E-state index in [-0.39, 0.29) is 29.3 Å². The van der Waals surface area contributed by atoms with Gasteiger partial charge in [0.25, 0.3) is 0 Å². The monoisotopic (exact) mass is 486 g/mol. The Morgan fingerprint density at radius 3 is 2.46 bits per heavy atom. The number of aromatic nitrogens is 2. The van der Waals surface area contributed by atoms with Crippen molar-refractivity contribution in [3.05, 3.63) is 41.7 Å². The molecule has 1 aromatic carbocycles. The minimum Gasteiger partial charge on any atom is -0.496 e. The van der Waals surface area contributed by atoms with Crippen molar-refractivity contribution >= 4 is 11.4 Å². The zero-order valence-electron chi connectivity index (χ0n) is 19.8. The predicted molar refractivity (Wildman–Crippen MR) is 125 cm³/mol. The Labute approximate surface area is 202 Å². The lowest BCUT2D eigenvalue weighted by atomic mass is 9.91. The van der Waals surface area contributed by atoms with Crippen LogP contribution in [0.5, 0.6) is 17.2 Å². The first-order valence-electron chi connectivity index (χ1n) is 11.8. The normalized spacial score (nSPS) is 16.6. The van der Waals surface area contributed by atoms with Crippen LogP contribution in [-0.4, -0.2) is 49.2 Å². The zero-order valence-corrected chi connectivity index (χ0v) is 19.8. The highest BCUT2D eigenvalue weighted by Gasteiger charge is 2.30. The van der Waals surface area contributed by atoms with Crippen LogP contribution in [0.4, 0.5) is 8.78 Å². The van der Waals surface area contributed by atoms with Crippen molar-refractivity contribution in [3.63, 3.8) is 0 Å². The zero-order chi connectivity index (χ0) is 24.5. The first kappa shape index (κ1) is 23.5. The standard InChI is InChI=1S/C26H28F2N2O5/c1-32-21-10-17(11-22(35-26(27)28)25(21)20(31)9-15-3-4-15)19-13-29-24-12-18(16-5-7-34-8-6-16)23(33-2)14-30(19)24/h10-16,26H,3-9H2,1-2H3. The molecule has 1 aliphatic heterocycles. The first-order chi connectivity index (χ1) is 17.0. The van der Waals surface area contributed by atoms with Crippen molar-refractivity contribution in [2.75, 3.05) is 27.4 Å². The van der Waals surface area contributed by atoms with Crippen molar-refractivity contribution < 1.29 is 32.5 Å². The van der Waals surface area contributed by atoms with Crippen LogP contribution >= 0.6 is 0 Å². The van der Waals surface area contributed by atoms with Gasteiger partial charge in [0, 0.05) is 30.8 Å². The maximum absolute atomic E-state index is 13.3. The van der Waals surface area contributed by atoms with Gasteiger partial charge in [0.2, 0.25) is 0 Å². The van der Waals surface area contributed by atoms with Gasteiger partial charge in [-0.1, -0.05) is 0 Å². The Hall–Kier alpha value is -3.20. The van der Waals surface area contributed by atoms with E-state index < -0.39 is 6.61 Å². The summed E-state index contributed by atoms with van der Waals surface area (Å²) in [7, 11) is 3.04. The predicted octanol–water partition coefficient (Wildman–Crippen LogP) is 5.50. The van der Waals surface area contributed by atoms with E-state index in [0.717, 1.165) is 37.0 Å². The second-order valence-corrected chi connectivity index (χ2v) is 9.06. The molecular weight excluding hydrogens is 458 g/mol. The molecule has 0 amide bonds. The lowest BCUT2D eigenvalue weighted by Crippen LogP contribution is -2.15. The molecule has 0 N–H and O–H groups in total. The third kappa shape index (κ3) is 4.82. The Balaban J connectivity index is 1.59. The van der Waals surface area contributed by atoms with Gasteiger partial charge in [-0.15, -0.1) is 0 Å². The van der Waals surface area contributed by atoms with E-state index in [0.29, 0.717) is 42.0 Å². The van der Waals surface area contributed by atoms with E-state index in [4.69, 9.17) is 18.9 Å². The number of pyridine rings is 1. The third-order valence-electron chi connectivity index (χ3n) is 6.77. The molecule has 5 rings (SSSR count). The van der Waals surface area contributed by atoms with Crippen molar-refractivity contribution in [1.29, 1.82) is 0 Å². The summed E-state index contributed by atoms with van der Waals surface area (Å²) in [6, 6.07) is 5.12. The maximum atomic E-state index is 13.3. The second kappa shape index (κ2) is 9.81. The molecule has 2 aliphatic rings. The number of rotatable bonds is 9. The summed E-state index contributed by atoms with van der Waals surface area (Å²) in [5.41, 5.74) is 2.99. The second-order valence-electron chi connectivity index (χ2n) is 9.06. The molecule has 35 heavy (non-hydrogen) atoms. The highest BCUT2D eigenvalue weighted by molar-refractivity contribution is 6.02. The number of ketones is 1. The average Bonchev–Trinajstić information content (AvgIpc) is 3.58. The van der Waals surface area contributed by atoms with Gasteiger partial charge in [-0.3, -0.25) is 9.20 Å². The van der Waals surface area contributed by atoms with Gasteiger partial charge in [-0.05, 0) is 55.7 Å². The average molecular weight is 487 g/mol. The Morgan fingerprint density at radius 2 is 1.80 bits per heavy atom. The molecule has 0 radical (unpaired) electrons. The molecule has 3 heterocycles. The van der Waals surface area contributed by atoms with Crippen LogP contribution in [0, 0.1) is 5.92 Å². The number of fused-ring (bicyclic) bond motifs is 1. The molecule has 0 spiro atoms. The van der Waals surface area contributed by atoms with Gasteiger partial charge in [-0.2, -0.15) is 8.78 Å². The molecule has 1 saturated carbocycles. The SMILES string of the molecule is COc1cn2c(-c3cc(OC)c(C(=O)CC4CC4)c(OC(F)F)c3)cnc2cc1C1CCOCC1. The number of methoxy groups -OCH3 is 2. The van der Waals surface area contributed by atoms with Gasteiger partial charge in [0.15, 0.2) is 5.78 Å². The molecular formula is C26H28F2N2O5. The van der Waals surface area contributed by atoms with Crippen molar-refractivity contribution in [2.45, 2.75) is 44.6 Å². The summed E-state index contributed by atoms with van der Waals surface area (Å²) in [5.74, 6) is 1.07. The molecule has 0 bridgehead atoms. The molecule has 7 nitrogen and oxygen atoms in total. The highest BCUT2D eigenvalue weighted by atomic mass is 19.3. The summed E-state index contributed by atoms with van der Waals surface area (Å²) < 4.78 is 49.9. The number of imidazole rings is 1. The number of benzene rings is 1. The Morgan fingerprint density at radius 1 is 1.09 bits per heavy atom. The van der Waals surface area contributed by atoms with Gasteiger partial charge >= 0.3 is 6.61 Å². The highest BCUT2D eigenvalue weighted by Crippen LogP contribution is 2.41. The number of nitrogens with zero attached hydrogens (tertiary/aromatic N) is 2. The van der Waals surface area contributed by atoms with Crippen LogP contribution in [0.3, 0.4) is 0 Å². The van der Waals surface area contributed by atoms with E-state index in [1.807, 2.05) is 16.7 Å². The van der Waals surface area contributed by atoms with Crippen LogP contribution in [0.15, 0.2) is 30.6 Å². The van der Waals surface area contributed by atoms with Gasteiger partial charge in [-0.25, -0.2) is 4.98 Å². The molecule has 2 fully saturated rings. The van der Waals surface area contributed by atoms with Crippen molar-refractivity contribution in [2.24, 2.45) is 5.92 Å². The number of carbonyl (C=O) groups is 1. The van der Waals surface area contributed by atoms with Crippen molar-refractivity contribution in [3.8, 4) is 28.5 Å². The van der Waals surface area contributed by atoms with Gasteiger partial charge < -0.3 is 18.9 Å². The number of alkyl halides is 2. The summed E-state index contributed by atoms with van der Waals surface area (Å²) >= 11 is 0. The maximum Gasteiger partial charge on any atom is 0.387 e. The Kier molecular flexibility index (Phi) is 6.60. The van der Waals surface area contributed by atoms with Gasteiger partial charge in [0.05, 0.1) is 32.3 Å². The fraction of sp³-hybridized carbons (Fsp3) is 0.462. The third-order valence-corrected chi connectivity index (χ3v) is 6.77. The van der Waals surface area contributed by atoms with Crippen LogP contribution in [0.1, 0.15) is 53.9 Å². The van der Waals surface area contributed by atoms with Crippen molar-refractivity contribution in [1.82, 2.24) is 9.38 Å². The van der Waals surface area contributed by atoms with E-state index in [2.05, 4.69) is 4.98 Å². The smallest absolute Gasteiger partial charge is 0.387 e. The quantitative estimate of drug-likeness (QED) is 0.372. The molecule has 0 atom stereocenters. The molecule has 3 aromatic rings. The minimum atomic E-state index is -3.08. The van der Waals surface area contributed by atoms with Crippen LogP contribution in [0.2, 0.25) is 0 Å². The summed E-state index contributed by atoms with van der Waals surface area (Å²) in [6.45, 7) is -1.67. The van der Waals surface area contributed by atoms with Crippen LogP contribution in [0.25, 0.3) is 16.9 Å². The molecule has 1 saturated heterocycles. The number of ether oxygens (including phenoxy) is 4. The van der Waals surface area contributed by atoms with E-state index in [1.165, 1.54) is 13.2 Å². The molecule has 9 heteroatoms. The summed E-state index contributed by atoms with van der Waals surface area (Å²) in [6.07, 6.45) is 7.55. The van der Waals surface area contributed by atoms with E-state index in [9.17, 15) is 13.6 Å². The summed E-state index contributed by atoms with van der Waals surface area (Å²) in [4.78, 5) is 17.5. The van der Waals surface area contributed by atoms with E-state index >= 15 is 0 Å². The molecule has 1 aliphatic carbocycles. The minimum absolute atomic E-state index is 0.0525. The number of carbonyl (C=O) groups excluding carboxylic acids is 1. The lowest BCUT2D eigenvalue weighted by Gasteiger charge is -2.24. The fourth-order valence-electron chi connectivity index (χ4n) is 4.78. The van der Waals surface area contributed by atoms with Gasteiger partial charge in [0.1, 0.15) is 28.5 Å². The molecule has 2 aromatic heterocycles. The summed E-state index contributed by atoms with van der Waals surface area (Å²) in [5, 5.41) is 0. The fourth-order valence-corrected chi connectivity index (χ4v) is 4.78. The molecule has 186 valence electrons. The lowest BCUT2D eigenvalue weighted by molar-refractivity contribution is -0.0502. The van der Waals surface area contributed by atoms with Crippen LogP contribution < -0.4 is 14.2 Å². The Bertz CT molecular complexity index is 1230. The largest absolute Gasteiger partial charge is 0.496 e. The first-order valence-corrected chi connectivity index (χ1v) is 11.8. The topological polar surface area (TPSA) is 71.3 Å². The number of Topliss-reactive ketones (excluding diaryl/α,β-unsaturated/α-hetero) is 1. The number of hydrogen-bond acceptors (Lipinski definition) is 6. The number of halogens is 2. The van der Waals surface area contributed by atoms with E-state index in [1.54, 1.807) is 19.4 Å². The van der Waals surface area contributed by atoms with Crippen LogP contribution in [-0.2, 0) is 4.74 Å².